The Bertz CT molecular complexity index is 2540. The van der Waals surface area contributed by atoms with Gasteiger partial charge in [0.1, 0.15) is 54.4 Å². The third kappa shape index (κ3) is 25.0. The van der Waals surface area contributed by atoms with E-state index in [0.717, 1.165) is 6.92 Å². The number of unbranched alkanes of at least 4 members (excludes halogenated alkanes) is 1. The summed E-state index contributed by atoms with van der Waals surface area (Å²) in [4.78, 5) is 183. The molecule has 2 rings (SSSR count). The van der Waals surface area contributed by atoms with Crippen LogP contribution in [0.5, 0.6) is 0 Å². The van der Waals surface area contributed by atoms with E-state index in [-0.39, 0.29) is 36.4 Å². The van der Waals surface area contributed by atoms with Crippen molar-refractivity contribution in [1.82, 2.24) is 73.1 Å². The highest BCUT2D eigenvalue weighted by Crippen LogP contribution is 2.12. The molecule has 0 aliphatic heterocycles. The molecule has 2 aromatic rings. The molecule has 22 N–H and O–H groups in total. The zero-order valence-corrected chi connectivity index (χ0v) is 47.0. The zero-order valence-electron chi connectivity index (χ0n) is 46.1. The number of aliphatic carboxylic acids is 3. The number of thiol groups is 1. The average Bonchev–Trinajstić information content (AvgIpc) is 4.28. The number of nitrogens with one attached hydrogen (secondary N) is 12. The Morgan fingerprint density at radius 3 is 1.50 bits per heavy atom. The molecule has 2 aromatic heterocycles. The Kier molecular flexibility index (Phi) is 31.6. The SMILES string of the molecule is CC[C@H](C)[C@H](NC(=O)[C@H](CCC(=O)O)NC(=O)[C@@H](NC(=O)[C@H](CC(=O)O)NC(=O)CNC(=O)[C@H](Cc1c[nH]cn1)NC(=O)[C@H](CO)NC(=O)[C@H](Cc1c[nH]cn1)NC(=O)[C@H](CO)NC(=O)[C@@H](N)CCCCN)[C@@H](C)O)C(=O)N[C@@H](CS)C(=O)O. The average molecular weight is 1210 g/mol. The van der Waals surface area contributed by atoms with Gasteiger partial charge in [0.2, 0.25) is 59.1 Å². The lowest BCUT2D eigenvalue weighted by atomic mass is 9.97. The number of amides is 10. The number of carbonyl (C=O) groups is 13. The first-order valence-electron chi connectivity index (χ1n) is 26.3. The maximum absolute atomic E-state index is 13.8. The highest BCUT2D eigenvalue weighted by molar-refractivity contribution is 7.80. The number of hydrogen-bond acceptors (Lipinski definition) is 21. The first-order chi connectivity index (χ1) is 39.7. The van der Waals surface area contributed by atoms with E-state index >= 15 is 0 Å². The molecule has 0 saturated heterocycles. The second-order valence-electron chi connectivity index (χ2n) is 19.1. The van der Waals surface area contributed by atoms with Gasteiger partial charge >= 0.3 is 17.9 Å². The number of imidazole rings is 2. The highest BCUT2D eigenvalue weighted by Gasteiger charge is 2.37. The predicted molar refractivity (Wildman–Crippen MR) is 292 cm³/mol. The molecule has 468 valence electrons. The Labute approximate surface area is 485 Å². The van der Waals surface area contributed by atoms with Crippen LogP contribution in [0.15, 0.2) is 25.0 Å². The molecule has 0 aliphatic carbocycles. The van der Waals surface area contributed by atoms with Gasteiger partial charge in [-0.15, -0.1) is 0 Å². The summed E-state index contributed by atoms with van der Waals surface area (Å²) in [7, 11) is 0. The maximum atomic E-state index is 13.8. The lowest BCUT2D eigenvalue weighted by molar-refractivity contribution is -0.142. The third-order valence-corrected chi connectivity index (χ3v) is 12.9. The minimum absolute atomic E-state index is 0.162. The van der Waals surface area contributed by atoms with Gasteiger partial charge in [0.05, 0.1) is 62.4 Å². The molecular weight excluding hydrogens is 1140 g/mol. The number of H-pyrrole nitrogens is 2. The van der Waals surface area contributed by atoms with Gasteiger partial charge < -0.3 is 105 Å². The van der Waals surface area contributed by atoms with Crippen LogP contribution in [0, 0.1) is 5.92 Å². The minimum Gasteiger partial charge on any atom is -0.481 e. The van der Waals surface area contributed by atoms with Gasteiger partial charge in [-0.25, -0.2) is 14.8 Å². The Morgan fingerprint density at radius 2 is 1.04 bits per heavy atom. The standard InChI is InChI=1S/C48H76N16O19S/c1-4-22(2)37(46(80)62-33(19-84)48(82)83)63-41(75)27(8-9-35(69)70)57-47(81)38(23(3)67)64-43(77)30(13-36(71)72)56-34(68)16-53-40(74)28(11-24-14-51-20-54-24)58-45(79)32(18-66)61-42(76)29(12-25-15-52-21-55-25)59-44(78)31(17-65)60-39(73)26(50)7-5-6-10-49/h14-15,20-23,26-33,37-38,65-67,84H,4-13,16-19,49-50H2,1-3H3,(H,51,54)(H,52,55)(H,53,74)(H,56,68)(H,57,81)(H,58,79)(H,59,78)(H,60,73)(H,61,76)(H,62,80)(H,63,75)(H,64,77)(H,69,70)(H,71,72)(H,82,83)/t22-,23+,26-,27-,28-,29-,30-,31-,32-,33-,37-,38-/m0/s1. The van der Waals surface area contributed by atoms with Gasteiger partial charge in [-0.1, -0.05) is 26.7 Å². The van der Waals surface area contributed by atoms with Crippen LogP contribution in [-0.4, -0.2) is 226 Å². The first kappa shape index (κ1) is 71.8. The molecule has 0 aliphatic rings. The number of nitrogens with two attached hydrogens (primary N) is 2. The van der Waals surface area contributed by atoms with Crippen LogP contribution in [0.2, 0.25) is 0 Å². The van der Waals surface area contributed by atoms with Crippen LogP contribution in [0.3, 0.4) is 0 Å². The van der Waals surface area contributed by atoms with Crippen molar-refractivity contribution in [1.29, 1.82) is 0 Å². The second-order valence-corrected chi connectivity index (χ2v) is 19.5. The van der Waals surface area contributed by atoms with E-state index < -0.39 is 195 Å². The lowest BCUT2D eigenvalue weighted by Gasteiger charge is -2.29. The molecule has 10 amide bonds. The van der Waals surface area contributed by atoms with E-state index in [2.05, 4.69) is 85.7 Å². The van der Waals surface area contributed by atoms with Crippen molar-refractivity contribution >= 4 is 89.6 Å². The van der Waals surface area contributed by atoms with E-state index in [0.29, 0.717) is 19.4 Å². The molecule has 2 heterocycles. The van der Waals surface area contributed by atoms with Crippen molar-refractivity contribution in [3.63, 3.8) is 0 Å². The van der Waals surface area contributed by atoms with Gasteiger partial charge in [0.25, 0.3) is 0 Å². The molecule has 36 heteroatoms. The maximum Gasteiger partial charge on any atom is 0.327 e. The quantitative estimate of drug-likeness (QED) is 0.0218. The summed E-state index contributed by atoms with van der Waals surface area (Å²) in [6, 6.07) is -16.5. The minimum atomic E-state index is -2.05. The number of hydrogen-bond donors (Lipinski definition) is 21. The second kappa shape index (κ2) is 37.0. The fraction of sp³-hybridized carbons (Fsp3) is 0.604. The summed E-state index contributed by atoms with van der Waals surface area (Å²) in [5.74, 6) is -16.8. The van der Waals surface area contributed by atoms with Gasteiger partial charge in [0, 0.05) is 37.4 Å². The summed E-state index contributed by atoms with van der Waals surface area (Å²) in [6.45, 7) is 1.48. The summed E-state index contributed by atoms with van der Waals surface area (Å²) in [5.41, 5.74) is 11.8. The number of carboxylic acid groups (broad SMARTS) is 3. The van der Waals surface area contributed by atoms with E-state index in [4.69, 9.17) is 11.5 Å². The highest BCUT2D eigenvalue weighted by atomic mass is 32.1. The van der Waals surface area contributed by atoms with Gasteiger partial charge in [-0.3, -0.25) is 57.5 Å². The molecule has 12 atom stereocenters. The zero-order chi connectivity index (χ0) is 63.2. The number of carbonyl (C=O) groups excluding carboxylic acids is 10. The number of aliphatic hydroxyl groups excluding tert-OH is 3. The number of aliphatic hydroxyl groups is 3. The van der Waals surface area contributed by atoms with Gasteiger partial charge in [-0.2, -0.15) is 12.6 Å². The van der Waals surface area contributed by atoms with Crippen LogP contribution >= 0.6 is 12.6 Å². The Balaban J connectivity index is 2.28. The lowest BCUT2D eigenvalue weighted by Crippen LogP contribution is -2.62. The van der Waals surface area contributed by atoms with Crippen LogP contribution in [0.4, 0.5) is 0 Å². The van der Waals surface area contributed by atoms with Crippen LogP contribution in [-0.2, 0) is 75.2 Å². The van der Waals surface area contributed by atoms with E-state index in [1.807, 2.05) is 0 Å². The van der Waals surface area contributed by atoms with Crippen LogP contribution in [0.1, 0.15) is 77.1 Å². The van der Waals surface area contributed by atoms with Crippen LogP contribution < -0.4 is 64.6 Å². The summed E-state index contributed by atoms with van der Waals surface area (Å²) < 4.78 is 0. The van der Waals surface area contributed by atoms with Gasteiger partial charge in [0.15, 0.2) is 0 Å². The molecule has 0 radical (unpaired) electrons. The fourth-order valence-corrected chi connectivity index (χ4v) is 7.79. The molecule has 84 heavy (non-hydrogen) atoms. The van der Waals surface area contributed by atoms with Crippen molar-refractivity contribution in [3.8, 4) is 0 Å². The topological polar surface area (TPSA) is 573 Å². The van der Waals surface area contributed by atoms with Gasteiger partial charge in [-0.05, 0) is 38.6 Å². The number of rotatable bonds is 40. The Morgan fingerprint density at radius 1 is 0.571 bits per heavy atom. The summed E-state index contributed by atoms with van der Waals surface area (Å²) in [6.07, 6.45) is 1.65. The van der Waals surface area contributed by atoms with E-state index in [9.17, 15) is 93.0 Å². The fourth-order valence-electron chi connectivity index (χ4n) is 7.55. The number of aromatic amines is 2. The van der Waals surface area contributed by atoms with Crippen molar-refractivity contribution < 1.29 is 93.0 Å². The number of nitrogens with zero attached hydrogens (tertiary/aromatic N) is 2. The first-order valence-corrected chi connectivity index (χ1v) is 26.9. The number of aromatic nitrogens is 4. The molecule has 0 aromatic carbocycles. The van der Waals surface area contributed by atoms with Crippen LogP contribution in [0.25, 0.3) is 0 Å². The van der Waals surface area contributed by atoms with E-state index in [1.54, 1.807) is 6.92 Å². The van der Waals surface area contributed by atoms with E-state index in [1.165, 1.54) is 32.0 Å². The number of carboxylic acids is 3. The molecule has 0 unspecified atom stereocenters. The predicted octanol–water partition coefficient (Wildman–Crippen LogP) is -8.38. The Hall–Kier alpha value is -8.32. The smallest absolute Gasteiger partial charge is 0.327 e. The molecular formula is C48H76N16O19S. The van der Waals surface area contributed by atoms with Crippen molar-refractivity contribution in [2.75, 3.05) is 32.1 Å². The molecule has 0 bridgehead atoms. The summed E-state index contributed by atoms with van der Waals surface area (Å²) in [5, 5.41) is 81.7. The summed E-state index contributed by atoms with van der Waals surface area (Å²) >= 11 is 3.91. The van der Waals surface area contributed by atoms with Crippen molar-refractivity contribution in [2.45, 2.75) is 145 Å². The van der Waals surface area contributed by atoms with Crippen molar-refractivity contribution in [2.24, 2.45) is 17.4 Å². The molecule has 35 nitrogen and oxygen atoms in total. The molecule has 0 spiro atoms. The largest absolute Gasteiger partial charge is 0.481 e. The van der Waals surface area contributed by atoms with Crippen molar-refractivity contribution in [3.05, 3.63) is 36.4 Å². The normalized spacial score (nSPS) is 15.3. The molecule has 0 fully saturated rings. The third-order valence-electron chi connectivity index (χ3n) is 12.5. The molecule has 0 saturated carbocycles. The monoisotopic (exact) mass is 1210 g/mol.